The predicted molar refractivity (Wildman–Crippen MR) is 136 cm³/mol. The molecule has 0 saturated heterocycles. The highest BCUT2D eigenvalue weighted by Crippen LogP contribution is 2.38. The summed E-state index contributed by atoms with van der Waals surface area (Å²) >= 11 is 0. The van der Waals surface area contributed by atoms with Crippen LogP contribution in [0.15, 0.2) is 36.0 Å². The minimum atomic E-state index is -1.99. The Morgan fingerprint density at radius 2 is 1.83 bits per heavy atom. The average Bonchev–Trinajstić information content (AvgIpc) is 3.02. The minimum absolute atomic E-state index is 0.110. The van der Waals surface area contributed by atoms with Crippen molar-refractivity contribution < 1.29 is 37.8 Å². The van der Waals surface area contributed by atoms with Crippen molar-refractivity contribution in [2.24, 2.45) is 0 Å². The molecule has 0 aromatic heterocycles. The van der Waals surface area contributed by atoms with E-state index < -0.39 is 43.9 Å². The van der Waals surface area contributed by atoms with Crippen molar-refractivity contribution in [1.29, 1.82) is 0 Å². The fraction of sp³-hybridized carbons (Fsp3) is 0.654. The average molecular weight is 511 g/mol. The first-order valence-electron chi connectivity index (χ1n) is 12.0. The van der Waals surface area contributed by atoms with E-state index in [9.17, 15) is 14.4 Å². The second-order valence-corrected chi connectivity index (χ2v) is 14.4. The summed E-state index contributed by atoms with van der Waals surface area (Å²) < 4.78 is 28.4. The van der Waals surface area contributed by atoms with Gasteiger partial charge >= 0.3 is 11.9 Å². The van der Waals surface area contributed by atoms with E-state index in [1.54, 1.807) is 38.2 Å². The summed E-state index contributed by atoms with van der Waals surface area (Å²) in [7, 11) is -0.506. The highest BCUT2D eigenvalue weighted by molar-refractivity contribution is 6.70. The zero-order chi connectivity index (χ0) is 26.9. The first kappa shape index (κ1) is 31.0. The van der Waals surface area contributed by atoms with Crippen LogP contribution in [-0.2, 0) is 37.8 Å². The molecule has 0 N–H and O–H groups in total. The van der Waals surface area contributed by atoms with Crippen LogP contribution >= 0.6 is 0 Å². The van der Waals surface area contributed by atoms with Crippen molar-refractivity contribution in [3.05, 3.63) is 36.0 Å². The van der Waals surface area contributed by atoms with Crippen molar-refractivity contribution in [1.82, 2.24) is 0 Å². The molecule has 1 unspecified atom stereocenters. The van der Waals surface area contributed by atoms with E-state index >= 15 is 0 Å². The van der Waals surface area contributed by atoms with E-state index in [2.05, 4.69) is 26.6 Å². The summed E-state index contributed by atoms with van der Waals surface area (Å²) in [6.07, 6.45) is 9.24. The van der Waals surface area contributed by atoms with Gasteiger partial charge in [0.25, 0.3) is 0 Å². The SMILES string of the molecule is CCCCC1(O[Si](C)(C)C)C=CC(=O)C1=CC=C[C@H](OC(C)=O)[C@@H](COC(C)=O)OC(C)(C)OC. The lowest BCUT2D eigenvalue weighted by Gasteiger charge is -2.36. The van der Waals surface area contributed by atoms with Gasteiger partial charge in [-0.1, -0.05) is 31.9 Å². The maximum absolute atomic E-state index is 12.8. The fourth-order valence-corrected chi connectivity index (χ4v) is 5.04. The van der Waals surface area contributed by atoms with E-state index in [1.807, 2.05) is 6.08 Å². The van der Waals surface area contributed by atoms with E-state index in [4.69, 9.17) is 23.4 Å². The van der Waals surface area contributed by atoms with Gasteiger partial charge in [-0.15, -0.1) is 0 Å². The molecule has 35 heavy (non-hydrogen) atoms. The van der Waals surface area contributed by atoms with Crippen LogP contribution in [0.1, 0.15) is 53.9 Å². The van der Waals surface area contributed by atoms with E-state index in [0.717, 1.165) is 12.8 Å². The van der Waals surface area contributed by atoms with Gasteiger partial charge in [-0.25, -0.2) is 0 Å². The molecule has 0 heterocycles. The van der Waals surface area contributed by atoms with Gasteiger partial charge in [0, 0.05) is 26.5 Å². The summed E-state index contributed by atoms with van der Waals surface area (Å²) in [5.74, 6) is -2.16. The molecule has 0 spiro atoms. The monoisotopic (exact) mass is 510 g/mol. The van der Waals surface area contributed by atoms with Crippen LogP contribution in [-0.4, -0.2) is 63.4 Å². The number of rotatable bonds is 14. The van der Waals surface area contributed by atoms with Crippen LogP contribution < -0.4 is 0 Å². The quantitative estimate of drug-likeness (QED) is 0.144. The number of ether oxygens (including phenoxy) is 4. The summed E-state index contributed by atoms with van der Waals surface area (Å²) in [5, 5.41) is 0. The molecule has 1 aliphatic carbocycles. The molecule has 0 bridgehead atoms. The summed E-state index contributed by atoms with van der Waals surface area (Å²) in [4.78, 5) is 36.1. The molecular formula is C26H42O8Si. The number of carbonyl (C=O) groups is 3. The number of ketones is 1. The highest BCUT2D eigenvalue weighted by atomic mass is 28.4. The number of unbranched alkanes of at least 4 members (excludes halogenated alkanes) is 1. The molecule has 0 saturated carbocycles. The zero-order valence-electron chi connectivity index (χ0n) is 22.6. The molecule has 0 amide bonds. The van der Waals surface area contributed by atoms with E-state index in [0.29, 0.717) is 12.0 Å². The van der Waals surface area contributed by atoms with Gasteiger partial charge in [0.1, 0.15) is 24.4 Å². The second-order valence-electron chi connectivity index (χ2n) is 10.0. The molecule has 0 aromatic rings. The first-order valence-corrected chi connectivity index (χ1v) is 15.4. The maximum atomic E-state index is 12.8. The largest absolute Gasteiger partial charge is 0.463 e. The van der Waals surface area contributed by atoms with Crippen molar-refractivity contribution in [2.45, 2.75) is 97.1 Å². The highest BCUT2D eigenvalue weighted by Gasteiger charge is 2.42. The summed E-state index contributed by atoms with van der Waals surface area (Å²) in [6.45, 7) is 14.2. The number of carbonyl (C=O) groups excluding carboxylic acids is 3. The van der Waals surface area contributed by atoms with Crippen LogP contribution in [0.4, 0.5) is 0 Å². The molecule has 0 radical (unpaired) electrons. The number of hydrogen-bond acceptors (Lipinski definition) is 8. The molecule has 1 aliphatic rings. The van der Waals surface area contributed by atoms with Crippen LogP contribution in [0.3, 0.4) is 0 Å². The molecule has 0 aliphatic heterocycles. The zero-order valence-corrected chi connectivity index (χ0v) is 23.6. The normalized spacial score (nSPS) is 21.5. The van der Waals surface area contributed by atoms with Gasteiger partial charge < -0.3 is 23.4 Å². The Bertz CT molecular complexity index is 837. The standard InChI is InChI=1S/C26H42O8Si/c1-10-11-16-26(34-35(7,8)9)17-15-22(29)21(26)13-12-14-23(32-20(3)28)24(18-31-19(2)27)33-25(4,5)30-6/h12-15,17,23-24H,10-11,16,18H2,1-9H3/t23-,24+,26?/m0/s1. The smallest absolute Gasteiger partial charge is 0.303 e. The molecule has 0 aromatic carbocycles. The summed E-state index contributed by atoms with van der Waals surface area (Å²) in [6, 6.07) is 0. The number of methoxy groups -OCH3 is 1. The van der Waals surface area contributed by atoms with Crippen molar-refractivity contribution in [3.8, 4) is 0 Å². The van der Waals surface area contributed by atoms with Crippen molar-refractivity contribution in [2.75, 3.05) is 13.7 Å². The van der Waals surface area contributed by atoms with Gasteiger partial charge in [0.2, 0.25) is 0 Å². The molecule has 0 fully saturated rings. The molecule has 8 nitrogen and oxygen atoms in total. The van der Waals surface area contributed by atoms with E-state index in [-0.39, 0.29) is 12.4 Å². The van der Waals surface area contributed by atoms with Crippen LogP contribution in [0.5, 0.6) is 0 Å². The molecule has 198 valence electrons. The third kappa shape index (κ3) is 10.6. The van der Waals surface area contributed by atoms with Crippen LogP contribution in [0.25, 0.3) is 0 Å². The Kier molecular flexibility index (Phi) is 11.8. The molecule has 1 rings (SSSR count). The Labute approximate surface area is 210 Å². The Hall–Kier alpha value is -2.07. The van der Waals surface area contributed by atoms with E-state index in [1.165, 1.54) is 21.0 Å². The topological polar surface area (TPSA) is 97.4 Å². The fourth-order valence-electron chi connectivity index (χ4n) is 3.67. The van der Waals surface area contributed by atoms with Crippen LogP contribution in [0, 0.1) is 0 Å². The Balaban J connectivity index is 3.35. The lowest BCUT2D eigenvalue weighted by Crippen LogP contribution is -2.43. The second kappa shape index (κ2) is 13.3. The Morgan fingerprint density at radius 1 is 1.17 bits per heavy atom. The number of allylic oxidation sites excluding steroid dienone is 3. The summed E-state index contributed by atoms with van der Waals surface area (Å²) in [5.41, 5.74) is -0.231. The Morgan fingerprint density at radius 3 is 2.34 bits per heavy atom. The van der Waals surface area contributed by atoms with Crippen molar-refractivity contribution in [3.63, 3.8) is 0 Å². The lowest BCUT2D eigenvalue weighted by atomic mass is 9.90. The van der Waals surface area contributed by atoms with Gasteiger partial charge in [0.05, 0.1) is 0 Å². The number of esters is 2. The van der Waals surface area contributed by atoms with Gasteiger partial charge in [0.15, 0.2) is 19.9 Å². The van der Waals surface area contributed by atoms with Gasteiger partial charge in [-0.3, -0.25) is 14.4 Å². The molecule has 3 atom stereocenters. The van der Waals surface area contributed by atoms with Gasteiger partial charge in [-0.2, -0.15) is 0 Å². The third-order valence-electron chi connectivity index (χ3n) is 5.23. The number of hydrogen-bond donors (Lipinski definition) is 0. The van der Waals surface area contributed by atoms with Gasteiger partial charge in [-0.05, 0) is 58.1 Å². The van der Waals surface area contributed by atoms with Crippen LogP contribution in [0.2, 0.25) is 19.6 Å². The third-order valence-corrected chi connectivity index (χ3v) is 6.20. The lowest BCUT2D eigenvalue weighted by molar-refractivity contribution is -0.246. The predicted octanol–water partition coefficient (Wildman–Crippen LogP) is 4.65. The molecular weight excluding hydrogens is 468 g/mol. The first-order chi connectivity index (χ1) is 16.1. The minimum Gasteiger partial charge on any atom is -0.463 e. The maximum Gasteiger partial charge on any atom is 0.303 e. The van der Waals surface area contributed by atoms with Crippen molar-refractivity contribution >= 4 is 26.0 Å². The molecule has 9 heteroatoms.